The third-order valence-corrected chi connectivity index (χ3v) is 3.40. The van der Waals surface area contributed by atoms with Crippen molar-refractivity contribution in [2.75, 3.05) is 24.3 Å². The van der Waals surface area contributed by atoms with E-state index in [0.717, 1.165) is 16.8 Å². The molecule has 2 rings (SSSR count). The zero-order valence-electron chi connectivity index (χ0n) is 13.6. The minimum Gasteiger partial charge on any atom is -0.378 e. The fourth-order valence-corrected chi connectivity index (χ4v) is 2.02. The molecule has 5 heteroatoms. The van der Waals surface area contributed by atoms with Gasteiger partial charge in [0, 0.05) is 32.0 Å². The Morgan fingerprint density at radius 2 is 1.70 bits per heavy atom. The van der Waals surface area contributed by atoms with Gasteiger partial charge < -0.3 is 15.5 Å². The number of aryl methyl sites for hydroxylation is 1. The van der Waals surface area contributed by atoms with E-state index < -0.39 is 11.8 Å². The van der Waals surface area contributed by atoms with Crippen LogP contribution in [0.15, 0.2) is 48.5 Å². The van der Waals surface area contributed by atoms with Gasteiger partial charge in [-0.1, -0.05) is 35.9 Å². The maximum Gasteiger partial charge on any atom is 0.313 e. The second-order valence-corrected chi connectivity index (χ2v) is 5.57. The molecule has 0 spiro atoms. The Balaban J connectivity index is 1.91. The van der Waals surface area contributed by atoms with Gasteiger partial charge >= 0.3 is 11.8 Å². The first-order valence-corrected chi connectivity index (χ1v) is 7.38. The van der Waals surface area contributed by atoms with Crippen LogP contribution in [-0.4, -0.2) is 25.9 Å². The molecule has 0 aliphatic heterocycles. The van der Waals surface area contributed by atoms with Gasteiger partial charge in [0.2, 0.25) is 0 Å². The number of nitrogens with zero attached hydrogens (tertiary/aromatic N) is 1. The van der Waals surface area contributed by atoms with Crippen LogP contribution in [0.25, 0.3) is 0 Å². The number of benzene rings is 2. The van der Waals surface area contributed by atoms with Crippen molar-refractivity contribution in [2.45, 2.75) is 13.5 Å². The van der Waals surface area contributed by atoms with Crippen molar-refractivity contribution >= 4 is 23.2 Å². The van der Waals surface area contributed by atoms with E-state index in [1.54, 1.807) is 6.07 Å². The molecule has 2 amide bonds. The number of carbonyl (C=O) groups is 2. The number of nitrogens with one attached hydrogen (secondary N) is 2. The molecule has 23 heavy (non-hydrogen) atoms. The highest BCUT2D eigenvalue weighted by Gasteiger charge is 2.13. The van der Waals surface area contributed by atoms with Crippen LogP contribution in [0.3, 0.4) is 0 Å². The van der Waals surface area contributed by atoms with Crippen LogP contribution in [0.5, 0.6) is 0 Å². The van der Waals surface area contributed by atoms with Crippen LogP contribution >= 0.6 is 0 Å². The van der Waals surface area contributed by atoms with Crippen LogP contribution in [0, 0.1) is 6.92 Å². The molecule has 0 bridgehead atoms. The van der Waals surface area contributed by atoms with Crippen molar-refractivity contribution in [1.29, 1.82) is 0 Å². The molecule has 0 heterocycles. The Bertz CT molecular complexity index is 694. The van der Waals surface area contributed by atoms with Gasteiger partial charge in [-0.15, -0.1) is 0 Å². The number of amides is 2. The average Bonchev–Trinajstić information content (AvgIpc) is 2.54. The van der Waals surface area contributed by atoms with Gasteiger partial charge in [0.1, 0.15) is 0 Å². The number of hydrogen-bond acceptors (Lipinski definition) is 3. The quantitative estimate of drug-likeness (QED) is 0.852. The summed E-state index contributed by atoms with van der Waals surface area (Å²) in [6, 6.07) is 15.1. The molecule has 2 aromatic rings. The van der Waals surface area contributed by atoms with Crippen molar-refractivity contribution in [2.24, 2.45) is 0 Å². The zero-order valence-corrected chi connectivity index (χ0v) is 13.6. The molecule has 0 radical (unpaired) electrons. The lowest BCUT2D eigenvalue weighted by Gasteiger charge is -2.14. The lowest BCUT2D eigenvalue weighted by molar-refractivity contribution is -0.136. The third-order valence-electron chi connectivity index (χ3n) is 3.40. The van der Waals surface area contributed by atoms with Crippen LogP contribution < -0.4 is 15.5 Å². The minimum atomic E-state index is -0.673. The van der Waals surface area contributed by atoms with E-state index in [0.29, 0.717) is 12.2 Å². The standard InChI is InChI=1S/C18H21N3O2/c1-13-7-9-14(10-8-13)12-19-17(22)18(23)20-15-5-4-6-16(11-15)21(2)3/h4-11H,12H2,1-3H3,(H,19,22)(H,20,23). The van der Waals surface area contributed by atoms with Crippen LogP contribution in [0.4, 0.5) is 11.4 Å². The molecule has 120 valence electrons. The van der Waals surface area contributed by atoms with Gasteiger partial charge in [-0.05, 0) is 30.7 Å². The number of hydrogen-bond donors (Lipinski definition) is 2. The molecule has 0 saturated heterocycles. The van der Waals surface area contributed by atoms with Gasteiger partial charge in [0.15, 0.2) is 0 Å². The van der Waals surface area contributed by atoms with E-state index in [1.807, 2.05) is 68.4 Å². The fourth-order valence-electron chi connectivity index (χ4n) is 2.02. The normalized spacial score (nSPS) is 10.0. The molecule has 0 aliphatic carbocycles. The first kappa shape index (κ1) is 16.5. The topological polar surface area (TPSA) is 61.4 Å². The van der Waals surface area contributed by atoms with Gasteiger partial charge in [0.05, 0.1) is 0 Å². The Morgan fingerprint density at radius 1 is 1.00 bits per heavy atom. The molecule has 0 aliphatic rings. The van der Waals surface area contributed by atoms with Crippen LogP contribution in [0.1, 0.15) is 11.1 Å². The maximum atomic E-state index is 11.9. The van der Waals surface area contributed by atoms with E-state index in [-0.39, 0.29) is 0 Å². The lowest BCUT2D eigenvalue weighted by atomic mass is 10.1. The predicted octanol–water partition coefficient (Wildman–Crippen LogP) is 2.32. The largest absolute Gasteiger partial charge is 0.378 e. The molecule has 0 saturated carbocycles. The number of anilines is 2. The molecule has 5 nitrogen and oxygen atoms in total. The highest BCUT2D eigenvalue weighted by Crippen LogP contribution is 2.17. The molecular formula is C18H21N3O2. The van der Waals surface area contributed by atoms with Crippen LogP contribution in [-0.2, 0) is 16.1 Å². The summed E-state index contributed by atoms with van der Waals surface area (Å²) in [6.45, 7) is 2.32. The average molecular weight is 311 g/mol. The Morgan fingerprint density at radius 3 is 2.35 bits per heavy atom. The van der Waals surface area contributed by atoms with Gasteiger partial charge in [-0.2, -0.15) is 0 Å². The van der Waals surface area contributed by atoms with Crippen LogP contribution in [0.2, 0.25) is 0 Å². The Kier molecular flexibility index (Phi) is 5.36. The summed E-state index contributed by atoms with van der Waals surface area (Å²) >= 11 is 0. The molecular weight excluding hydrogens is 290 g/mol. The van der Waals surface area contributed by atoms with Crippen molar-refractivity contribution in [3.8, 4) is 0 Å². The van der Waals surface area contributed by atoms with Crippen molar-refractivity contribution < 1.29 is 9.59 Å². The molecule has 0 aromatic heterocycles. The summed E-state index contributed by atoms with van der Waals surface area (Å²) in [5.41, 5.74) is 3.64. The van der Waals surface area contributed by atoms with Gasteiger partial charge in [0.25, 0.3) is 0 Å². The zero-order chi connectivity index (χ0) is 16.8. The number of rotatable bonds is 4. The summed E-state index contributed by atoms with van der Waals surface area (Å²) in [5, 5.41) is 5.22. The maximum absolute atomic E-state index is 11.9. The summed E-state index contributed by atoms with van der Waals surface area (Å²) in [7, 11) is 3.82. The van der Waals surface area contributed by atoms with Crippen molar-refractivity contribution in [1.82, 2.24) is 5.32 Å². The second kappa shape index (κ2) is 7.45. The molecule has 0 fully saturated rings. The minimum absolute atomic E-state index is 0.324. The lowest BCUT2D eigenvalue weighted by Crippen LogP contribution is -2.35. The van der Waals surface area contributed by atoms with Crippen molar-refractivity contribution in [3.05, 3.63) is 59.7 Å². The van der Waals surface area contributed by atoms with E-state index >= 15 is 0 Å². The van der Waals surface area contributed by atoms with Crippen molar-refractivity contribution in [3.63, 3.8) is 0 Å². The molecule has 0 unspecified atom stereocenters. The van der Waals surface area contributed by atoms with Gasteiger partial charge in [-0.3, -0.25) is 9.59 Å². The molecule has 2 N–H and O–H groups in total. The highest BCUT2D eigenvalue weighted by molar-refractivity contribution is 6.39. The first-order valence-electron chi connectivity index (χ1n) is 7.38. The SMILES string of the molecule is Cc1ccc(CNC(=O)C(=O)Nc2cccc(N(C)C)c2)cc1. The molecule has 0 atom stereocenters. The summed E-state index contributed by atoms with van der Waals surface area (Å²) in [6.07, 6.45) is 0. The van der Waals surface area contributed by atoms with E-state index in [2.05, 4.69) is 10.6 Å². The van der Waals surface area contributed by atoms with Gasteiger partial charge in [-0.25, -0.2) is 0 Å². The smallest absolute Gasteiger partial charge is 0.313 e. The summed E-state index contributed by atoms with van der Waals surface area (Å²) in [4.78, 5) is 25.7. The fraction of sp³-hybridized carbons (Fsp3) is 0.222. The summed E-state index contributed by atoms with van der Waals surface area (Å²) in [5.74, 6) is -1.33. The number of carbonyl (C=O) groups excluding carboxylic acids is 2. The summed E-state index contributed by atoms with van der Waals surface area (Å²) < 4.78 is 0. The predicted molar refractivity (Wildman–Crippen MR) is 92.4 cm³/mol. The van der Waals surface area contributed by atoms with E-state index in [9.17, 15) is 9.59 Å². The van der Waals surface area contributed by atoms with E-state index in [4.69, 9.17) is 0 Å². The monoisotopic (exact) mass is 311 g/mol. The Labute approximate surface area is 136 Å². The van der Waals surface area contributed by atoms with E-state index in [1.165, 1.54) is 0 Å². The third kappa shape index (κ3) is 4.85. The second-order valence-electron chi connectivity index (χ2n) is 5.57. The first-order chi connectivity index (χ1) is 11.0. The molecule has 2 aromatic carbocycles. The Hall–Kier alpha value is -2.82. The highest BCUT2D eigenvalue weighted by atomic mass is 16.2.